The largest absolute Gasteiger partial charge is 0.308 e. The van der Waals surface area contributed by atoms with Crippen LogP contribution in [0.3, 0.4) is 0 Å². The van der Waals surface area contributed by atoms with Gasteiger partial charge in [0.25, 0.3) is 0 Å². The fraction of sp³-hybridized carbons (Fsp3) is 0. The fourth-order valence-corrected chi connectivity index (χ4v) is 19.0. The Morgan fingerprint density at radius 2 is 0.410 bits per heavy atom. The molecule has 0 saturated carbocycles. The summed E-state index contributed by atoms with van der Waals surface area (Å²) in [5.41, 5.74) is 21.3. The summed E-state index contributed by atoms with van der Waals surface area (Å²) >= 11 is 5.44. The van der Waals surface area contributed by atoms with Crippen molar-refractivity contribution in [1.82, 2.24) is 43.6 Å². The third-order valence-corrected chi connectivity index (χ3v) is 23.8. The molecule has 0 bridgehead atoms. The van der Waals surface area contributed by atoms with Crippen molar-refractivity contribution in [2.75, 3.05) is 14.7 Å². The van der Waals surface area contributed by atoms with E-state index in [2.05, 4.69) is 320 Å². The second kappa shape index (κ2) is 23.8. The molecule has 0 aliphatic carbocycles. The lowest BCUT2D eigenvalue weighted by Gasteiger charge is -2.32. The number of aromatic nitrogens is 9. The Labute approximate surface area is 614 Å². The van der Waals surface area contributed by atoms with Gasteiger partial charge in [-0.1, -0.05) is 163 Å². The molecule has 13 aromatic carbocycles. The van der Waals surface area contributed by atoms with Gasteiger partial charge in [-0.2, -0.15) is 0 Å². The van der Waals surface area contributed by atoms with Gasteiger partial charge in [0.2, 0.25) is 0 Å². The van der Waals surface area contributed by atoms with E-state index in [0.29, 0.717) is 17.5 Å². The van der Waals surface area contributed by atoms with Crippen molar-refractivity contribution in [1.29, 1.82) is 0 Å². The van der Waals surface area contributed by atoms with E-state index in [1.54, 1.807) is 0 Å². The molecule has 3 aliphatic heterocycles. The zero-order valence-electron chi connectivity index (χ0n) is 55.8. The molecule has 6 aromatic heterocycles. The van der Waals surface area contributed by atoms with Crippen LogP contribution >= 0.6 is 35.3 Å². The molecule has 0 amide bonds. The Bertz CT molecular complexity index is 6010. The van der Waals surface area contributed by atoms with Gasteiger partial charge < -0.3 is 28.4 Å². The zero-order chi connectivity index (χ0) is 68.8. The van der Waals surface area contributed by atoms with Gasteiger partial charge in [-0.15, -0.1) is 0 Å². The number of rotatable bonds is 9. The van der Waals surface area contributed by atoms with Crippen LogP contribution in [0.2, 0.25) is 0 Å². The van der Waals surface area contributed by atoms with Crippen LogP contribution < -0.4 is 14.7 Å². The Morgan fingerprint density at radius 1 is 0.190 bits per heavy atom. The van der Waals surface area contributed by atoms with Gasteiger partial charge in [0.05, 0.1) is 121 Å². The first-order valence-electron chi connectivity index (χ1n) is 34.8. The fourth-order valence-electron chi connectivity index (χ4n) is 15.9. The maximum absolute atomic E-state index is 5.22. The van der Waals surface area contributed by atoms with Gasteiger partial charge in [0.1, 0.15) is 0 Å². The monoisotopic (exact) mass is 1400 g/mol. The number of nitrogens with zero attached hydrogens (tertiary/aromatic N) is 12. The molecular formula is C90H54N12S3. The molecule has 0 spiro atoms. The summed E-state index contributed by atoms with van der Waals surface area (Å²) in [6.07, 6.45) is 11.6. The maximum atomic E-state index is 5.22. The van der Waals surface area contributed by atoms with Gasteiger partial charge in [0.15, 0.2) is 17.5 Å². The van der Waals surface area contributed by atoms with E-state index in [1.165, 1.54) is 29.4 Å². The molecule has 0 atom stereocenters. The van der Waals surface area contributed by atoms with Gasteiger partial charge in [-0.3, -0.25) is 0 Å². The van der Waals surface area contributed by atoms with Crippen molar-refractivity contribution in [3.05, 3.63) is 328 Å². The molecule has 15 heteroatoms. The van der Waals surface area contributed by atoms with Gasteiger partial charge >= 0.3 is 0 Å². The first-order valence-corrected chi connectivity index (χ1v) is 37.2. The number of hydrogen-bond donors (Lipinski definition) is 0. The van der Waals surface area contributed by atoms with E-state index in [-0.39, 0.29) is 0 Å². The van der Waals surface area contributed by atoms with Crippen LogP contribution in [-0.4, -0.2) is 43.6 Å². The molecule has 0 fully saturated rings. The number of hydrogen-bond acceptors (Lipinski definition) is 12. The summed E-state index contributed by atoms with van der Waals surface area (Å²) in [5, 5.41) is 6.79. The highest BCUT2D eigenvalue weighted by atomic mass is 32.2. The second-order valence-corrected chi connectivity index (χ2v) is 29.6. The van der Waals surface area contributed by atoms with E-state index < -0.39 is 0 Å². The molecule has 105 heavy (non-hydrogen) atoms. The van der Waals surface area contributed by atoms with Crippen LogP contribution in [0.5, 0.6) is 0 Å². The van der Waals surface area contributed by atoms with Crippen molar-refractivity contribution in [3.63, 3.8) is 0 Å². The predicted molar refractivity (Wildman–Crippen MR) is 429 cm³/mol. The highest BCUT2D eigenvalue weighted by molar-refractivity contribution is 8.00. The van der Waals surface area contributed by atoms with Crippen LogP contribution in [0.1, 0.15) is 0 Å². The summed E-state index contributed by atoms with van der Waals surface area (Å²) in [5.74, 6) is 1.58. The van der Waals surface area contributed by atoms with Gasteiger partial charge in [0, 0.05) is 95.4 Å². The van der Waals surface area contributed by atoms with E-state index in [1.807, 2.05) is 72.5 Å². The second-order valence-electron chi connectivity index (χ2n) is 26.4. The zero-order valence-corrected chi connectivity index (χ0v) is 58.2. The Hall–Kier alpha value is -13.1. The lowest BCUT2D eigenvalue weighted by molar-refractivity contribution is 1.07. The van der Waals surface area contributed by atoms with Crippen LogP contribution in [0.15, 0.2) is 358 Å². The van der Waals surface area contributed by atoms with Crippen molar-refractivity contribution >= 4 is 152 Å². The van der Waals surface area contributed by atoms with Crippen LogP contribution in [0.4, 0.5) is 51.2 Å². The molecule has 0 unspecified atom stereocenters. The van der Waals surface area contributed by atoms with Gasteiger partial charge in [-0.25, -0.2) is 29.9 Å². The number of anilines is 9. The quantitative estimate of drug-likeness (QED) is 0.137. The van der Waals surface area contributed by atoms with Crippen LogP contribution in [-0.2, 0) is 0 Å². The molecule has 22 rings (SSSR count). The van der Waals surface area contributed by atoms with Crippen LogP contribution in [0, 0.1) is 0 Å². The average molecular weight is 1400 g/mol. The van der Waals surface area contributed by atoms with E-state index >= 15 is 0 Å². The Balaban J connectivity index is 0.650. The first-order chi connectivity index (χ1) is 52.0. The third-order valence-electron chi connectivity index (χ3n) is 20.4. The molecule has 3 aliphatic rings. The van der Waals surface area contributed by atoms with Gasteiger partial charge in [-0.05, 0) is 164 Å². The van der Waals surface area contributed by atoms with E-state index in [9.17, 15) is 0 Å². The predicted octanol–water partition coefficient (Wildman–Crippen LogP) is 24.2. The maximum Gasteiger partial charge on any atom is 0.159 e. The normalized spacial score (nSPS) is 13.0. The minimum atomic E-state index is 0.526. The SMILES string of the molecule is c1ccc2c(c1)Sc1ccccc1N2c1ccc2c(c1)c1ccccc1n2-c1cnc(-c2cc(-c3ncc(-n4c5ccccc5c5cc(N6c7ccccc7Sc7ccccc76)ccc54)cn3)cc(-c3ncc(-n4c5ccccc5c5cc(N6c7ccccc7Sc7ccccc76)ccc54)cn3)c2)nc1. The third kappa shape index (κ3) is 9.52. The smallest absolute Gasteiger partial charge is 0.159 e. The molecule has 492 valence electrons. The molecule has 9 heterocycles. The molecule has 0 saturated heterocycles. The lowest BCUT2D eigenvalue weighted by Crippen LogP contribution is -2.14. The first kappa shape index (κ1) is 59.6. The highest BCUT2D eigenvalue weighted by Crippen LogP contribution is 2.56. The van der Waals surface area contributed by atoms with Crippen molar-refractivity contribution in [2.45, 2.75) is 29.4 Å². The summed E-state index contributed by atoms with van der Waals surface area (Å²) in [7, 11) is 0. The lowest BCUT2D eigenvalue weighted by atomic mass is 10.0. The number of para-hydroxylation sites is 9. The topological polar surface area (TPSA) is 102 Å². The van der Waals surface area contributed by atoms with E-state index in [0.717, 1.165) is 150 Å². The Kier molecular flexibility index (Phi) is 13.5. The van der Waals surface area contributed by atoms with Crippen molar-refractivity contribution < 1.29 is 0 Å². The molecule has 0 N–H and O–H groups in total. The number of benzene rings is 13. The summed E-state index contributed by atoms with van der Waals surface area (Å²) in [6.45, 7) is 0. The summed E-state index contributed by atoms with van der Waals surface area (Å²) < 4.78 is 6.80. The summed E-state index contributed by atoms with van der Waals surface area (Å²) in [4.78, 5) is 45.8. The minimum Gasteiger partial charge on any atom is -0.308 e. The standard InChI is InChI=1S/C90H54N12S3/c1-4-22-70-64(19-1)67-46-58(97-76-25-7-13-31-82(76)103-83-32-14-8-26-77(83)97)37-40-73(67)100(70)61-49-91-88(92-50-61)55-43-56(89-93-51-62(52-94-89)101-71-23-5-2-20-65(71)68-47-59(38-41-74(68)101)98-78-27-9-15-33-84(78)104-85-34-16-10-28-79(85)98)45-57(44-55)90-95-53-63(54-96-90)102-72-24-6-3-21-66(72)69-48-60(39-42-75(69)102)99-80-29-11-17-35-86(80)105-87-36-18-12-30-81(87)99/h1-54H. The molecule has 12 nitrogen and oxygen atoms in total. The Morgan fingerprint density at radius 3 is 0.667 bits per heavy atom. The van der Waals surface area contributed by atoms with E-state index in [4.69, 9.17) is 29.9 Å². The number of fused-ring (bicyclic) bond motifs is 15. The molecule has 0 radical (unpaired) electrons. The van der Waals surface area contributed by atoms with Crippen molar-refractivity contribution in [2.24, 2.45) is 0 Å². The average Bonchev–Trinajstić information content (AvgIpc) is 1.67. The highest BCUT2D eigenvalue weighted by Gasteiger charge is 2.30. The molecule has 19 aromatic rings. The van der Waals surface area contributed by atoms with Crippen LogP contribution in [0.25, 0.3) is 117 Å². The molecular weight excluding hydrogens is 1350 g/mol. The summed E-state index contributed by atoms with van der Waals surface area (Å²) in [6, 6.07) is 104. The minimum absolute atomic E-state index is 0.526. The van der Waals surface area contributed by atoms with Crippen molar-refractivity contribution in [3.8, 4) is 51.2 Å².